The van der Waals surface area contributed by atoms with Crippen LogP contribution in [0.25, 0.3) is 65.4 Å². The molecule has 0 saturated carbocycles. The Labute approximate surface area is 300 Å². The normalized spacial score (nSPS) is 11.8. The summed E-state index contributed by atoms with van der Waals surface area (Å²) in [7, 11) is 0. The van der Waals surface area contributed by atoms with E-state index in [2.05, 4.69) is 41.5 Å². The van der Waals surface area contributed by atoms with E-state index in [4.69, 9.17) is 19.9 Å². The molecule has 8 bridgehead atoms. The van der Waals surface area contributed by atoms with Crippen molar-refractivity contribution in [3.05, 3.63) is 108 Å². The van der Waals surface area contributed by atoms with Crippen LogP contribution in [0.1, 0.15) is 52.7 Å². The van der Waals surface area contributed by atoms with Crippen LogP contribution in [-0.2, 0) is 44.4 Å². The van der Waals surface area contributed by atoms with Gasteiger partial charge in [-0.1, -0.05) is 77.9 Å². The minimum absolute atomic E-state index is 0. The average molecular weight is 723 g/mol. The maximum atomic E-state index is 11.7. The predicted octanol–water partition coefficient (Wildman–Crippen LogP) is 9.87. The van der Waals surface area contributed by atoms with Crippen LogP contribution in [-0.4, -0.2) is 30.1 Å². The second kappa shape index (κ2) is 12.9. The molecule has 0 aliphatic rings. The number of aromatic hydroxyl groups is 2. The molecule has 0 aliphatic carbocycles. The first kappa shape index (κ1) is 35.0. The van der Waals surface area contributed by atoms with Crippen LogP contribution >= 0.6 is 0 Å². The third-order valence-electron chi connectivity index (χ3n) is 8.65. The smallest absolute Gasteiger partial charge is 0.133 e. The van der Waals surface area contributed by atoms with E-state index in [1.807, 2.05) is 84.9 Å². The van der Waals surface area contributed by atoms with E-state index in [1.165, 1.54) is 0 Å². The van der Waals surface area contributed by atoms with Crippen molar-refractivity contribution in [2.24, 2.45) is 0 Å². The van der Waals surface area contributed by atoms with E-state index in [-0.39, 0.29) is 55.9 Å². The van der Waals surface area contributed by atoms with E-state index in [0.29, 0.717) is 43.6 Å². The Balaban J connectivity index is 0.00000225. The van der Waals surface area contributed by atoms with Crippen LogP contribution in [0.15, 0.2) is 97.3 Å². The molecule has 0 aliphatic heterocycles. The van der Waals surface area contributed by atoms with Gasteiger partial charge in [-0.25, -0.2) is 9.97 Å². The molecular weight excluding hydrogens is 686 g/mol. The summed E-state index contributed by atoms with van der Waals surface area (Å²) in [5.74, 6) is 0.211. The Bertz CT molecular complexity index is 2310. The van der Waals surface area contributed by atoms with Crippen LogP contribution in [0.3, 0.4) is 0 Å². The molecule has 7 aromatic rings. The molecule has 3 aromatic heterocycles. The Hall–Kier alpha value is -4.35. The summed E-state index contributed by atoms with van der Waals surface area (Å²) in [6.45, 7) is 12.9. The standard InChI is InChI=1S/C40H36N4O2.2Co/c1-39(2,3)27-17-25-21-41-33-9-7-8-10-34(33)42-22-26-18-28(40(4,5)6)20-30(38(26)46)32-16-14-24-12-11-23-13-15-31(29(19-27)37(25)45)43-35(23)36(24)44-32;;/h7-22,45-46H,1-6H3;;. The summed E-state index contributed by atoms with van der Waals surface area (Å²) >= 11 is 0. The van der Waals surface area contributed by atoms with E-state index >= 15 is 0 Å². The van der Waals surface area contributed by atoms with Crippen LogP contribution in [0.2, 0.25) is 0 Å². The zero-order valence-corrected chi connectivity index (χ0v) is 29.7. The van der Waals surface area contributed by atoms with Crippen molar-refractivity contribution in [2.45, 2.75) is 52.4 Å². The van der Waals surface area contributed by atoms with Gasteiger partial charge >= 0.3 is 0 Å². The maximum Gasteiger partial charge on any atom is 0.133 e. The number of phenolic OH excluding ortho intramolecular Hbond substituents is 2. The van der Waals surface area contributed by atoms with Crippen molar-refractivity contribution in [3.8, 4) is 11.5 Å². The Morgan fingerprint density at radius 2 is 0.833 bits per heavy atom. The van der Waals surface area contributed by atoms with Crippen molar-refractivity contribution in [3.63, 3.8) is 0 Å². The van der Waals surface area contributed by atoms with Gasteiger partial charge in [-0.05, 0) is 70.5 Å². The zero-order valence-electron chi connectivity index (χ0n) is 27.6. The quantitative estimate of drug-likeness (QED) is 0.152. The SMILES string of the molecule is CC(C)(C)c1cc2cnc3ccccc3ncc3cc(C(C)(C)C)cc(c3O)c3ccc4ccc5ccc(nc5c4n3)c(c1)c2O.[Co].[Co]. The molecule has 3 heterocycles. The number of hydrogen-bond acceptors (Lipinski definition) is 6. The fourth-order valence-corrected chi connectivity index (χ4v) is 5.80. The summed E-state index contributed by atoms with van der Waals surface area (Å²) < 4.78 is 0. The van der Waals surface area contributed by atoms with Crippen LogP contribution in [0.4, 0.5) is 0 Å². The monoisotopic (exact) mass is 722 g/mol. The first-order chi connectivity index (χ1) is 21.9. The predicted molar refractivity (Wildman–Crippen MR) is 190 cm³/mol. The minimum Gasteiger partial charge on any atom is -0.507 e. The second-order valence-electron chi connectivity index (χ2n) is 14.0. The first-order valence-electron chi connectivity index (χ1n) is 15.5. The van der Waals surface area contributed by atoms with Crippen molar-refractivity contribution >= 4 is 65.4 Å². The van der Waals surface area contributed by atoms with Gasteiger partial charge in [-0.15, -0.1) is 0 Å². The molecule has 48 heavy (non-hydrogen) atoms. The van der Waals surface area contributed by atoms with Gasteiger partial charge < -0.3 is 10.2 Å². The molecule has 7 rings (SSSR count). The average Bonchev–Trinajstić information content (AvgIpc) is 3.02. The summed E-state index contributed by atoms with van der Waals surface area (Å²) in [6.07, 6.45) is 3.37. The van der Waals surface area contributed by atoms with E-state index < -0.39 is 0 Å². The van der Waals surface area contributed by atoms with Crippen molar-refractivity contribution < 1.29 is 43.8 Å². The maximum absolute atomic E-state index is 11.7. The molecule has 0 fully saturated rings. The molecule has 2 N–H and O–H groups in total. The molecule has 8 heteroatoms. The molecule has 246 valence electrons. The summed E-state index contributed by atoms with van der Waals surface area (Å²) in [5.41, 5.74) is 5.69. The molecule has 0 unspecified atom stereocenters. The Morgan fingerprint density at radius 1 is 0.458 bits per heavy atom. The molecule has 2 radical (unpaired) electrons. The molecule has 0 spiro atoms. The van der Waals surface area contributed by atoms with E-state index in [9.17, 15) is 10.2 Å². The fourth-order valence-electron chi connectivity index (χ4n) is 5.80. The number of pyridine rings is 2. The van der Waals surface area contributed by atoms with Crippen molar-refractivity contribution in [1.29, 1.82) is 0 Å². The number of fused-ring (bicyclic) bond motifs is 9. The molecule has 6 nitrogen and oxygen atoms in total. The third kappa shape index (κ3) is 6.41. The Kier molecular flexibility index (Phi) is 9.42. The summed E-state index contributed by atoms with van der Waals surface area (Å²) in [6, 6.07) is 27.6. The van der Waals surface area contributed by atoms with Gasteiger partial charge in [0.1, 0.15) is 11.5 Å². The first-order valence-corrected chi connectivity index (χ1v) is 15.5. The van der Waals surface area contributed by atoms with E-state index in [0.717, 1.165) is 32.9 Å². The van der Waals surface area contributed by atoms with Gasteiger partial charge in [0.15, 0.2) is 0 Å². The van der Waals surface area contributed by atoms with Gasteiger partial charge in [0.25, 0.3) is 0 Å². The van der Waals surface area contributed by atoms with Gasteiger partial charge in [-0.3, -0.25) is 9.97 Å². The van der Waals surface area contributed by atoms with Crippen LogP contribution in [0, 0.1) is 0 Å². The minimum atomic E-state index is -0.190. The topological polar surface area (TPSA) is 92.0 Å². The number of aromatic nitrogens is 4. The number of benzene rings is 4. The van der Waals surface area contributed by atoms with Gasteiger partial charge in [0, 0.05) is 78.3 Å². The largest absolute Gasteiger partial charge is 0.507 e. The van der Waals surface area contributed by atoms with E-state index in [1.54, 1.807) is 12.4 Å². The molecule has 0 saturated heterocycles. The van der Waals surface area contributed by atoms with Gasteiger partial charge in [0.05, 0.1) is 33.1 Å². The molecular formula is C40H36Co2N4O2. The zero-order chi connectivity index (χ0) is 32.4. The van der Waals surface area contributed by atoms with Crippen molar-refractivity contribution in [1.82, 2.24) is 19.9 Å². The number of phenols is 2. The molecule has 4 aromatic carbocycles. The number of para-hydroxylation sites is 2. The fraction of sp³-hybridized carbons (Fsp3) is 0.200. The van der Waals surface area contributed by atoms with Gasteiger partial charge in [0.2, 0.25) is 0 Å². The Morgan fingerprint density at radius 3 is 1.21 bits per heavy atom. The number of nitrogens with zero attached hydrogens (tertiary/aromatic N) is 4. The summed E-state index contributed by atoms with van der Waals surface area (Å²) in [5, 5.41) is 27.6. The number of rotatable bonds is 0. The summed E-state index contributed by atoms with van der Waals surface area (Å²) in [4.78, 5) is 19.9. The van der Waals surface area contributed by atoms with Crippen LogP contribution in [0.5, 0.6) is 11.5 Å². The second-order valence-corrected chi connectivity index (χ2v) is 14.0. The van der Waals surface area contributed by atoms with Gasteiger partial charge in [-0.2, -0.15) is 0 Å². The third-order valence-corrected chi connectivity index (χ3v) is 8.65. The molecule has 0 atom stereocenters. The molecule has 0 amide bonds. The van der Waals surface area contributed by atoms with Crippen molar-refractivity contribution in [2.75, 3.05) is 0 Å². The number of hydrogen-bond donors (Lipinski definition) is 2. The van der Waals surface area contributed by atoms with Crippen LogP contribution < -0.4 is 0 Å².